The number of esters is 4. The summed E-state index contributed by atoms with van der Waals surface area (Å²) < 4.78 is 68.1. The summed E-state index contributed by atoms with van der Waals surface area (Å²) in [7, 11) is -10.0. The Balaban J connectivity index is 5.49. The van der Waals surface area contributed by atoms with Crippen LogP contribution in [-0.2, 0) is 65.4 Å². The number of allylic oxidation sites excluding steroid dienone is 28. The van der Waals surface area contributed by atoms with Crippen LogP contribution in [0.25, 0.3) is 0 Å². The Labute approximate surface area is 603 Å². The number of hydrogen-bond donors (Lipinski definition) is 3. The van der Waals surface area contributed by atoms with Crippen molar-refractivity contribution in [1.82, 2.24) is 0 Å². The molecule has 0 spiro atoms. The molecule has 0 rings (SSSR count). The van der Waals surface area contributed by atoms with Gasteiger partial charge in [0.25, 0.3) is 0 Å². The minimum atomic E-state index is -5.02. The first-order chi connectivity index (χ1) is 48.7. The summed E-state index contributed by atoms with van der Waals surface area (Å²) in [4.78, 5) is 72.6. The van der Waals surface area contributed by atoms with Crippen molar-refractivity contribution in [2.75, 3.05) is 39.6 Å². The van der Waals surface area contributed by atoms with Crippen LogP contribution in [0.1, 0.15) is 246 Å². The molecule has 0 bridgehead atoms. The summed E-state index contributed by atoms with van der Waals surface area (Å²) in [6.07, 6.45) is 85.3. The van der Waals surface area contributed by atoms with Gasteiger partial charge in [-0.2, -0.15) is 0 Å². The minimum absolute atomic E-state index is 0.0558. The van der Waals surface area contributed by atoms with Crippen molar-refractivity contribution in [3.05, 3.63) is 182 Å². The summed E-state index contributed by atoms with van der Waals surface area (Å²) in [5, 5.41) is 10.6. The van der Waals surface area contributed by atoms with Gasteiger partial charge in [0.2, 0.25) is 0 Å². The number of phosphoric acid groups is 2. The van der Waals surface area contributed by atoms with E-state index in [1.165, 1.54) is 6.42 Å². The highest BCUT2D eigenvalue weighted by molar-refractivity contribution is 7.47. The lowest BCUT2D eigenvalue weighted by molar-refractivity contribution is -0.160. The number of aliphatic hydroxyl groups excluding tert-OH is 1. The lowest BCUT2D eigenvalue weighted by atomic mass is 10.1. The normalized spacial score (nSPS) is 15.0. The van der Waals surface area contributed by atoms with E-state index in [0.717, 1.165) is 161 Å². The van der Waals surface area contributed by atoms with E-state index in [4.69, 9.17) is 37.0 Å². The molecule has 5 atom stereocenters. The third kappa shape index (κ3) is 70.6. The average Bonchev–Trinajstić information content (AvgIpc) is 0.945. The molecule has 0 saturated carbocycles. The molecular weight excluding hydrogens is 1310 g/mol. The molecule has 0 aliphatic heterocycles. The van der Waals surface area contributed by atoms with Crippen LogP contribution in [-0.4, -0.2) is 96.7 Å². The molecule has 564 valence electrons. The second-order valence-electron chi connectivity index (χ2n) is 23.8. The predicted molar refractivity (Wildman–Crippen MR) is 408 cm³/mol. The molecule has 0 aromatic heterocycles. The van der Waals surface area contributed by atoms with Gasteiger partial charge in [-0.05, 0) is 135 Å². The Hall–Kier alpha value is -5.84. The molecule has 0 aromatic rings. The number of aliphatic hydroxyl groups is 1. The Morgan fingerprint density at radius 3 is 0.940 bits per heavy atom. The molecule has 0 aromatic carbocycles. The van der Waals surface area contributed by atoms with Crippen molar-refractivity contribution in [1.29, 1.82) is 0 Å². The Morgan fingerprint density at radius 1 is 0.300 bits per heavy atom. The monoisotopic (exact) mass is 1430 g/mol. The third-order valence-corrected chi connectivity index (χ3v) is 16.3. The number of unbranched alkanes of at least 4 members (excludes halogenated alkanes) is 13. The first-order valence-corrected chi connectivity index (χ1v) is 40.0. The van der Waals surface area contributed by atoms with Crippen LogP contribution in [0.5, 0.6) is 0 Å². The molecule has 0 radical (unpaired) electrons. The molecule has 17 nitrogen and oxygen atoms in total. The van der Waals surface area contributed by atoms with Crippen LogP contribution < -0.4 is 0 Å². The maximum absolute atomic E-state index is 13.1. The SMILES string of the molecule is CC/C=C\C/C=C\C/C=C\C/C=C\C/C=C\CC(=O)OCC(COP(=O)(O)OCC(O)COP(=O)(O)OCC(COC(=O)CCCCCCCC/C=C\C/C=C\C/C=C\C/C=C\CC)OC(=O)C/C=C\C/C=C\C/C=C\C/C=C\C/C=C\CC)OC(=O)CCCCCCC/C=C\CCCC. The Morgan fingerprint density at radius 2 is 0.570 bits per heavy atom. The number of phosphoric ester groups is 2. The van der Waals surface area contributed by atoms with E-state index in [1.54, 1.807) is 18.2 Å². The first kappa shape index (κ1) is 94.2. The van der Waals surface area contributed by atoms with E-state index >= 15 is 0 Å². The molecular formula is C81H128O17P2. The van der Waals surface area contributed by atoms with Crippen molar-refractivity contribution in [3.63, 3.8) is 0 Å². The first-order valence-electron chi connectivity index (χ1n) is 37.0. The Kier molecular flexibility index (Phi) is 67.4. The smallest absolute Gasteiger partial charge is 0.462 e. The fourth-order valence-corrected chi connectivity index (χ4v) is 10.4. The van der Waals surface area contributed by atoms with E-state index in [9.17, 15) is 43.2 Å². The molecule has 0 amide bonds. The van der Waals surface area contributed by atoms with Crippen molar-refractivity contribution in [2.45, 2.75) is 264 Å². The number of rotatable bonds is 67. The molecule has 19 heteroatoms. The number of carbonyl (C=O) groups is 4. The van der Waals surface area contributed by atoms with Gasteiger partial charge in [-0.1, -0.05) is 268 Å². The van der Waals surface area contributed by atoms with Gasteiger partial charge < -0.3 is 33.8 Å². The molecule has 0 saturated heterocycles. The number of carbonyl (C=O) groups excluding carboxylic acids is 4. The third-order valence-electron chi connectivity index (χ3n) is 14.4. The molecule has 0 aliphatic rings. The molecule has 3 N–H and O–H groups in total. The fourth-order valence-electron chi connectivity index (χ4n) is 8.87. The van der Waals surface area contributed by atoms with Gasteiger partial charge in [0.05, 0.1) is 39.3 Å². The van der Waals surface area contributed by atoms with Crippen molar-refractivity contribution in [2.24, 2.45) is 0 Å². The Bertz CT molecular complexity index is 2620. The van der Waals surface area contributed by atoms with E-state index in [1.807, 2.05) is 30.4 Å². The second kappa shape index (κ2) is 71.6. The largest absolute Gasteiger partial charge is 0.472 e. The van der Waals surface area contributed by atoms with Crippen LogP contribution >= 0.6 is 15.6 Å². The van der Waals surface area contributed by atoms with Crippen molar-refractivity contribution in [3.8, 4) is 0 Å². The van der Waals surface area contributed by atoms with Crippen LogP contribution in [0, 0.1) is 0 Å². The second-order valence-corrected chi connectivity index (χ2v) is 26.7. The highest BCUT2D eigenvalue weighted by atomic mass is 31.2. The van der Waals surface area contributed by atoms with Gasteiger partial charge in [0, 0.05) is 12.8 Å². The topological polar surface area (TPSA) is 237 Å². The van der Waals surface area contributed by atoms with E-state index < -0.39 is 97.5 Å². The van der Waals surface area contributed by atoms with E-state index in [0.29, 0.717) is 25.7 Å². The van der Waals surface area contributed by atoms with E-state index in [-0.39, 0.29) is 25.7 Å². The highest BCUT2D eigenvalue weighted by Crippen LogP contribution is 2.45. The van der Waals surface area contributed by atoms with Gasteiger partial charge in [-0.25, -0.2) is 9.13 Å². The molecule has 100 heavy (non-hydrogen) atoms. The summed E-state index contributed by atoms with van der Waals surface area (Å²) in [5.41, 5.74) is 0. The standard InChI is InChI=1S/C81H128O17P2/c1-5-9-13-17-21-25-29-32-35-36-37-38-41-43-47-50-54-58-62-66-79(84)92-72-77(98-81(86)68-64-60-56-52-48-44-40-34-31-27-23-19-15-11-7-3)74-96-100(89,90)94-70-75(82)69-93-99(87,88)95-73-76(97-80(85)67-63-59-55-51-45-28-24-20-16-12-8-4)71-91-78(83)65-61-57-53-49-46-42-39-33-30-26-22-18-14-10-6-2/h9-11,13-15,20-27,32-35,37-40,46,48-49,52,57,60-61,64,75-77,82H,5-8,12,16-19,28-31,36,41-45,47,50-51,53-56,58-59,62-63,65-74H2,1-4H3,(H,87,88)(H,89,90)/b13-9-,14-10-,15-11-,24-20-,25-21-,26-22-,27-23-,35-32-,38-37-,39-33-,40-34-,49-46-,52-48-,61-57-,64-60-. The zero-order valence-electron chi connectivity index (χ0n) is 61.3. The maximum Gasteiger partial charge on any atom is 0.472 e. The van der Waals surface area contributed by atoms with E-state index in [2.05, 4.69) is 161 Å². The summed E-state index contributed by atoms with van der Waals surface area (Å²) in [6.45, 7) is 4.18. The van der Waals surface area contributed by atoms with Gasteiger partial charge in [0.15, 0.2) is 12.2 Å². The number of ether oxygens (including phenoxy) is 4. The van der Waals surface area contributed by atoms with Crippen molar-refractivity contribution < 1.29 is 80.2 Å². The van der Waals surface area contributed by atoms with Crippen molar-refractivity contribution >= 4 is 39.5 Å². The summed E-state index contributed by atoms with van der Waals surface area (Å²) in [5.74, 6) is -2.52. The molecule has 0 heterocycles. The quantitative estimate of drug-likeness (QED) is 0.0169. The minimum Gasteiger partial charge on any atom is -0.462 e. The highest BCUT2D eigenvalue weighted by Gasteiger charge is 2.30. The van der Waals surface area contributed by atoms with Crippen LogP contribution in [0.4, 0.5) is 0 Å². The van der Waals surface area contributed by atoms with Crippen LogP contribution in [0.15, 0.2) is 182 Å². The van der Waals surface area contributed by atoms with Gasteiger partial charge in [-0.15, -0.1) is 0 Å². The predicted octanol–water partition coefficient (Wildman–Crippen LogP) is 21.2. The maximum atomic E-state index is 13.1. The summed E-state index contributed by atoms with van der Waals surface area (Å²) in [6, 6.07) is 0. The number of hydrogen-bond acceptors (Lipinski definition) is 15. The lowest BCUT2D eigenvalue weighted by Gasteiger charge is -2.21. The van der Waals surface area contributed by atoms with Gasteiger partial charge >= 0.3 is 39.5 Å². The zero-order chi connectivity index (χ0) is 73.2. The van der Waals surface area contributed by atoms with Gasteiger partial charge in [0.1, 0.15) is 19.3 Å². The van der Waals surface area contributed by atoms with Crippen LogP contribution in [0.2, 0.25) is 0 Å². The fraction of sp³-hybridized carbons (Fsp3) is 0.580. The average molecular weight is 1440 g/mol. The molecule has 5 unspecified atom stereocenters. The molecule has 0 aliphatic carbocycles. The molecule has 0 fully saturated rings. The zero-order valence-corrected chi connectivity index (χ0v) is 63.1. The lowest BCUT2D eigenvalue weighted by Crippen LogP contribution is -2.30. The summed E-state index contributed by atoms with van der Waals surface area (Å²) >= 11 is 0. The van der Waals surface area contributed by atoms with Crippen LogP contribution in [0.3, 0.4) is 0 Å². The van der Waals surface area contributed by atoms with Gasteiger partial charge in [-0.3, -0.25) is 37.3 Å².